The number of aliphatic hydroxyl groups excluding tert-OH is 1. The lowest BCUT2D eigenvalue weighted by atomic mass is 9.59. The van der Waals surface area contributed by atoms with Crippen LogP contribution in [0.1, 0.15) is 22.3 Å². The van der Waals surface area contributed by atoms with Crippen LogP contribution in [0.4, 0.5) is 5.69 Å². The van der Waals surface area contributed by atoms with Gasteiger partial charge in [0.1, 0.15) is 17.1 Å². The van der Waals surface area contributed by atoms with Crippen molar-refractivity contribution < 1.29 is 29.7 Å². The summed E-state index contributed by atoms with van der Waals surface area (Å²) in [4.78, 5) is 42.0. The second-order valence-corrected chi connectivity index (χ2v) is 9.21. The van der Waals surface area contributed by atoms with Crippen LogP contribution in [-0.2, 0) is 16.0 Å². The normalized spacial score (nSPS) is 29.3. The molecule has 9 nitrogen and oxygen atoms in total. The van der Waals surface area contributed by atoms with E-state index in [-0.39, 0.29) is 29.2 Å². The number of allylic oxidation sites excluding steroid dienone is 1. The SMILES string of the molecule is CN(C)c1ccc(O)c2c1CC1CC3[C@H](N(C)C)C(O)=C(C(N)=O)C(=O)[C@@]3(O)C=C1C2=O. The van der Waals surface area contributed by atoms with E-state index in [9.17, 15) is 29.7 Å². The highest BCUT2D eigenvalue weighted by Crippen LogP contribution is 2.50. The highest BCUT2D eigenvalue weighted by atomic mass is 16.3. The summed E-state index contributed by atoms with van der Waals surface area (Å²) in [6, 6.07) is 2.36. The summed E-state index contributed by atoms with van der Waals surface area (Å²) in [5, 5.41) is 32.7. The monoisotopic (exact) mass is 441 g/mol. The molecule has 170 valence electrons. The number of ketones is 2. The molecule has 0 saturated carbocycles. The molecule has 0 aromatic heterocycles. The van der Waals surface area contributed by atoms with Crippen LogP contribution in [0.15, 0.2) is 35.1 Å². The third kappa shape index (κ3) is 2.88. The van der Waals surface area contributed by atoms with Gasteiger partial charge in [-0.3, -0.25) is 19.3 Å². The van der Waals surface area contributed by atoms with E-state index in [1.54, 1.807) is 25.1 Å². The van der Waals surface area contributed by atoms with Gasteiger partial charge >= 0.3 is 0 Å². The molecule has 1 aromatic rings. The van der Waals surface area contributed by atoms with Gasteiger partial charge in [-0.1, -0.05) is 0 Å². The van der Waals surface area contributed by atoms with E-state index in [0.29, 0.717) is 12.0 Å². The fourth-order valence-corrected chi connectivity index (χ4v) is 5.51. The number of fused-ring (bicyclic) bond motifs is 3. The van der Waals surface area contributed by atoms with Gasteiger partial charge in [0.15, 0.2) is 11.4 Å². The van der Waals surface area contributed by atoms with Crippen LogP contribution in [0.25, 0.3) is 0 Å². The minimum Gasteiger partial charge on any atom is -0.510 e. The van der Waals surface area contributed by atoms with Gasteiger partial charge in [0.05, 0.1) is 11.6 Å². The topological polar surface area (TPSA) is 144 Å². The molecule has 0 spiro atoms. The zero-order valence-corrected chi connectivity index (χ0v) is 18.4. The number of primary amides is 1. The lowest BCUT2D eigenvalue weighted by Gasteiger charge is -2.49. The quantitative estimate of drug-likeness (QED) is 0.490. The molecule has 0 saturated heterocycles. The average Bonchev–Trinajstić information content (AvgIpc) is 2.68. The first kappa shape index (κ1) is 22.0. The summed E-state index contributed by atoms with van der Waals surface area (Å²) >= 11 is 0. The number of carbonyl (C=O) groups excluding carboxylic acids is 3. The fraction of sp³-hybridized carbons (Fsp3) is 0.435. The number of nitrogens with zero attached hydrogens (tertiary/aromatic N) is 2. The van der Waals surface area contributed by atoms with E-state index < -0.39 is 46.4 Å². The van der Waals surface area contributed by atoms with Crippen LogP contribution in [0.2, 0.25) is 0 Å². The predicted molar refractivity (Wildman–Crippen MR) is 116 cm³/mol. The van der Waals surface area contributed by atoms with Gasteiger partial charge in [0, 0.05) is 31.3 Å². The van der Waals surface area contributed by atoms with Gasteiger partial charge in [0.25, 0.3) is 5.91 Å². The second-order valence-electron chi connectivity index (χ2n) is 9.21. The summed E-state index contributed by atoms with van der Waals surface area (Å²) in [5.41, 5.74) is 4.39. The van der Waals surface area contributed by atoms with E-state index in [4.69, 9.17) is 5.73 Å². The highest BCUT2D eigenvalue weighted by Gasteiger charge is 2.58. The molecule has 5 N–H and O–H groups in total. The zero-order valence-electron chi connectivity index (χ0n) is 18.4. The number of hydrogen-bond donors (Lipinski definition) is 4. The number of carbonyl (C=O) groups is 3. The minimum absolute atomic E-state index is 0.154. The highest BCUT2D eigenvalue weighted by molar-refractivity contribution is 6.24. The molecule has 1 amide bonds. The largest absolute Gasteiger partial charge is 0.510 e. The Morgan fingerprint density at radius 2 is 1.81 bits per heavy atom. The third-order valence-corrected chi connectivity index (χ3v) is 6.92. The molecule has 0 radical (unpaired) electrons. The number of benzene rings is 1. The summed E-state index contributed by atoms with van der Waals surface area (Å²) < 4.78 is 0. The Kier molecular flexibility index (Phi) is 4.94. The average molecular weight is 441 g/mol. The molecule has 0 fully saturated rings. The second kappa shape index (κ2) is 7.18. The molecule has 0 aliphatic heterocycles. The molecule has 0 bridgehead atoms. The van der Waals surface area contributed by atoms with Crippen LogP contribution >= 0.6 is 0 Å². The molecule has 4 atom stereocenters. The van der Waals surface area contributed by atoms with E-state index in [0.717, 1.165) is 5.69 Å². The summed E-state index contributed by atoms with van der Waals surface area (Å²) in [7, 11) is 7.02. The minimum atomic E-state index is -2.18. The number of amides is 1. The third-order valence-electron chi connectivity index (χ3n) is 6.92. The number of aliphatic hydroxyl groups is 2. The van der Waals surface area contributed by atoms with Gasteiger partial charge in [-0.05, 0) is 56.6 Å². The molecule has 2 unspecified atom stereocenters. The van der Waals surface area contributed by atoms with Crippen molar-refractivity contribution in [1.82, 2.24) is 4.90 Å². The number of phenolic OH excluding ortho intramolecular Hbond substituents is 1. The van der Waals surface area contributed by atoms with Crippen molar-refractivity contribution in [3.8, 4) is 5.75 Å². The Balaban J connectivity index is 1.92. The number of Topliss-reactive ketones (excluding diaryl/α,β-unsaturated/α-hetero) is 2. The van der Waals surface area contributed by atoms with Crippen molar-refractivity contribution in [3.05, 3.63) is 46.2 Å². The fourth-order valence-electron chi connectivity index (χ4n) is 5.51. The maximum atomic E-state index is 13.4. The first-order chi connectivity index (χ1) is 14.9. The number of nitrogens with two attached hydrogens (primary N) is 1. The number of hydrogen-bond acceptors (Lipinski definition) is 8. The Morgan fingerprint density at radius 1 is 1.16 bits per heavy atom. The lowest BCUT2D eigenvalue weighted by molar-refractivity contribution is -0.142. The van der Waals surface area contributed by atoms with Crippen molar-refractivity contribution >= 4 is 23.2 Å². The Hall–Kier alpha value is -3.17. The van der Waals surface area contributed by atoms with Crippen molar-refractivity contribution in [2.75, 3.05) is 33.1 Å². The van der Waals surface area contributed by atoms with Crippen molar-refractivity contribution in [2.24, 2.45) is 17.6 Å². The first-order valence-corrected chi connectivity index (χ1v) is 10.4. The van der Waals surface area contributed by atoms with Crippen LogP contribution in [-0.4, -0.2) is 77.5 Å². The van der Waals surface area contributed by atoms with E-state index in [1.165, 1.54) is 12.1 Å². The van der Waals surface area contributed by atoms with Gasteiger partial charge in [-0.25, -0.2) is 0 Å². The number of likely N-dealkylation sites (N-methyl/N-ethyl adjacent to an activating group) is 1. The maximum Gasteiger partial charge on any atom is 0.255 e. The lowest BCUT2D eigenvalue weighted by Crippen LogP contribution is -2.61. The summed E-state index contributed by atoms with van der Waals surface area (Å²) in [6.07, 6.45) is 1.86. The molecule has 3 aliphatic rings. The molecule has 9 heteroatoms. The van der Waals surface area contributed by atoms with Crippen LogP contribution in [0, 0.1) is 11.8 Å². The first-order valence-electron chi connectivity index (χ1n) is 10.4. The van der Waals surface area contributed by atoms with Crippen LogP contribution in [0.3, 0.4) is 0 Å². The van der Waals surface area contributed by atoms with E-state index in [1.807, 2.05) is 19.0 Å². The standard InChI is InChI=1S/C23H27N3O6/c1-25(2)14-5-6-15(27)16-11(14)7-10-8-13-18(26(3)4)20(29)17(22(24)31)21(30)23(13,32)9-12(10)19(16)28/h5-6,9-10,13,18,27,29,32H,7-8H2,1-4H3,(H2,24,31)/t10?,13?,18-,23+/m0/s1. The molecular weight excluding hydrogens is 414 g/mol. The van der Waals surface area contributed by atoms with Crippen molar-refractivity contribution in [3.63, 3.8) is 0 Å². The van der Waals surface area contributed by atoms with Gasteiger partial charge in [-0.2, -0.15) is 0 Å². The van der Waals surface area contributed by atoms with Crippen LogP contribution in [0.5, 0.6) is 5.75 Å². The van der Waals surface area contributed by atoms with Gasteiger partial charge in [0.2, 0.25) is 5.78 Å². The van der Waals surface area contributed by atoms with Crippen molar-refractivity contribution in [2.45, 2.75) is 24.5 Å². The smallest absolute Gasteiger partial charge is 0.255 e. The Labute approximate surface area is 185 Å². The Bertz CT molecular complexity index is 1120. The van der Waals surface area contributed by atoms with Gasteiger partial charge < -0.3 is 26.0 Å². The molecule has 4 rings (SSSR count). The summed E-state index contributed by atoms with van der Waals surface area (Å²) in [6.45, 7) is 0. The number of phenols is 1. The van der Waals surface area contributed by atoms with E-state index >= 15 is 0 Å². The van der Waals surface area contributed by atoms with Crippen LogP contribution < -0.4 is 10.6 Å². The number of aromatic hydroxyl groups is 1. The molecule has 3 aliphatic carbocycles. The van der Waals surface area contributed by atoms with E-state index in [2.05, 4.69) is 0 Å². The predicted octanol–water partition coefficient (Wildman–Crippen LogP) is 0.301. The van der Waals surface area contributed by atoms with Gasteiger partial charge in [-0.15, -0.1) is 0 Å². The summed E-state index contributed by atoms with van der Waals surface area (Å²) in [5.74, 6) is -4.37. The maximum absolute atomic E-state index is 13.4. The number of rotatable bonds is 3. The Morgan fingerprint density at radius 3 is 2.38 bits per heavy atom. The zero-order chi connectivity index (χ0) is 23.7. The number of anilines is 1. The molecule has 0 heterocycles. The molecule has 32 heavy (non-hydrogen) atoms. The molecule has 1 aromatic carbocycles. The molecular formula is C23H27N3O6. The van der Waals surface area contributed by atoms with Crippen molar-refractivity contribution in [1.29, 1.82) is 0 Å².